The van der Waals surface area contributed by atoms with Gasteiger partial charge in [-0.1, -0.05) is 57.9 Å². The van der Waals surface area contributed by atoms with Gasteiger partial charge in [-0.3, -0.25) is 14.4 Å². The Labute approximate surface area is 270 Å². The number of unbranched alkanes of at least 4 members (excludes halogenated alkanes) is 7. The van der Waals surface area contributed by atoms with Crippen molar-refractivity contribution < 1.29 is 23.9 Å². The van der Waals surface area contributed by atoms with Crippen LogP contribution in [0, 0.1) is 23.2 Å². The first-order chi connectivity index (χ1) is 20.9. The number of rotatable bonds is 15. The van der Waals surface area contributed by atoms with Crippen molar-refractivity contribution in [2.24, 2.45) is 23.2 Å². The normalized spacial score (nSPS) is 27.5. The van der Waals surface area contributed by atoms with Gasteiger partial charge in [0.15, 0.2) is 0 Å². The number of fused-ring (bicyclic) bond motifs is 5. The minimum absolute atomic E-state index is 0.0273. The molecule has 6 nitrogen and oxygen atoms in total. The highest BCUT2D eigenvalue weighted by atomic mass is 35.5. The number of amides is 1. The molecule has 246 valence electrons. The summed E-state index contributed by atoms with van der Waals surface area (Å²) in [6.45, 7) is 9.74. The molecule has 0 unspecified atom stereocenters. The molecule has 7 heteroatoms. The van der Waals surface area contributed by atoms with E-state index >= 15 is 0 Å². The molecule has 0 heterocycles. The summed E-state index contributed by atoms with van der Waals surface area (Å²) in [6, 6.07) is 6.32. The molecule has 2 fully saturated rings. The molecule has 0 saturated heterocycles. The van der Waals surface area contributed by atoms with Gasteiger partial charge in [0.05, 0.1) is 4.87 Å². The maximum Gasteiger partial charge on any atom is 0.308 e. The standard InChI is InChI=1S/C37H56ClNO5/c1-25(40)43-29-17-19-30-27(22-29)16-18-31-32-20-21-33(44-26(2)41)37(32,5)23-28(35(30)31)14-12-10-8-6-7-9-11-13-15-34(42)39-24-36(3,4)38/h17,19,22,28,31-33,35H,6-16,18,20-21,23-24H2,1-5H3,(H,39,42)/t28-,31-,32-,33-,35+,37-/m0/s1. The molecule has 1 aromatic rings. The van der Waals surface area contributed by atoms with Crippen molar-refractivity contribution in [2.45, 2.75) is 148 Å². The van der Waals surface area contributed by atoms with E-state index < -0.39 is 4.87 Å². The third-order valence-electron chi connectivity index (χ3n) is 10.7. The zero-order valence-corrected chi connectivity index (χ0v) is 28.6. The van der Waals surface area contributed by atoms with Crippen LogP contribution in [-0.4, -0.2) is 35.4 Å². The van der Waals surface area contributed by atoms with Gasteiger partial charge in [-0.15, -0.1) is 11.6 Å². The minimum Gasteiger partial charge on any atom is -0.462 e. The van der Waals surface area contributed by atoms with Crippen LogP contribution in [0.2, 0.25) is 0 Å². The van der Waals surface area contributed by atoms with Gasteiger partial charge in [0.1, 0.15) is 11.9 Å². The SMILES string of the molecule is CC(=O)Oc1ccc2c(c1)CC[C@@H]1[C@@H]2[C@@H](CCCCCCCCCCC(=O)NCC(C)(C)Cl)C[C@]2(C)[C@@H](OC(C)=O)CC[C@@H]12. The van der Waals surface area contributed by atoms with E-state index in [1.165, 1.54) is 63.0 Å². The lowest BCUT2D eigenvalue weighted by atomic mass is 9.51. The van der Waals surface area contributed by atoms with E-state index in [0.717, 1.165) is 44.9 Å². The second-order valence-corrected chi connectivity index (χ2v) is 15.8. The summed E-state index contributed by atoms with van der Waals surface area (Å²) in [5, 5.41) is 2.92. The van der Waals surface area contributed by atoms with Gasteiger partial charge in [-0.05, 0) is 106 Å². The Balaban J connectivity index is 1.29. The highest BCUT2D eigenvalue weighted by Gasteiger charge is 2.58. The van der Waals surface area contributed by atoms with E-state index in [0.29, 0.717) is 42.4 Å². The Kier molecular flexibility index (Phi) is 12.2. The predicted octanol–water partition coefficient (Wildman–Crippen LogP) is 8.66. The average Bonchev–Trinajstić information content (AvgIpc) is 3.26. The molecular formula is C37H56ClNO5. The van der Waals surface area contributed by atoms with E-state index in [-0.39, 0.29) is 29.4 Å². The number of esters is 2. The fourth-order valence-electron chi connectivity index (χ4n) is 8.87. The van der Waals surface area contributed by atoms with Crippen LogP contribution in [0.25, 0.3) is 0 Å². The van der Waals surface area contributed by atoms with Crippen LogP contribution in [0.4, 0.5) is 0 Å². The number of carbonyl (C=O) groups excluding carboxylic acids is 3. The van der Waals surface area contributed by atoms with E-state index in [1.54, 1.807) is 6.92 Å². The molecule has 1 N–H and O–H groups in total. The summed E-state index contributed by atoms with van der Waals surface area (Å²) >= 11 is 6.15. The fraction of sp³-hybridized carbons (Fsp3) is 0.757. The smallest absolute Gasteiger partial charge is 0.308 e. The molecule has 0 aromatic heterocycles. The third-order valence-corrected chi connectivity index (χ3v) is 10.9. The van der Waals surface area contributed by atoms with Gasteiger partial charge < -0.3 is 14.8 Å². The Morgan fingerprint density at radius 1 is 0.955 bits per heavy atom. The number of halogens is 1. The number of carbonyl (C=O) groups is 3. The maximum absolute atomic E-state index is 12.0. The van der Waals surface area contributed by atoms with Crippen LogP contribution in [0.1, 0.15) is 142 Å². The largest absolute Gasteiger partial charge is 0.462 e. The quantitative estimate of drug-likeness (QED) is 0.0908. The first-order valence-corrected chi connectivity index (χ1v) is 17.7. The maximum atomic E-state index is 12.0. The molecule has 4 rings (SSSR count). The zero-order valence-electron chi connectivity index (χ0n) is 27.9. The van der Waals surface area contributed by atoms with E-state index in [1.807, 2.05) is 19.9 Å². The second kappa shape index (κ2) is 15.5. The molecule has 6 atom stereocenters. The third kappa shape index (κ3) is 9.23. The number of alkyl halides is 1. The lowest BCUT2D eigenvalue weighted by Gasteiger charge is -2.54. The molecule has 3 aliphatic rings. The van der Waals surface area contributed by atoms with Gasteiger partial charge in [0.2, 0.25) is 5.91 Å². The first kappa shape index (κ1) is 34.8. The lowest BCUT2D eigenvalue weighted by Crippen LogP contribution is -2.48. The van der Waals surface area contributed by atoms with Gasteiger partial charge in [0, 0.05) is 32.2 Å². The number of hydrogen-bond acceptors (Lipinski definition) is 5. The van der Waals surface area contributed by atoms with Crippen LogP contribution in [0.15, 0.2) is 18.2 Å². The van der Waals surface area contributed by atoms with Crippen molar-refractivity contribution in [1.29, 1.82) is 0 Å². The monoisotopic (exact) mass is 629 g/mol. The lowest BCUT2D eigenvalue weighted by molar-refractivity contribution is -0.156. The minimum atomic E-state index is -0.394. The Morgan fingerprint density at radius 3 is 2.30 bits per heavy atom. The van der Waals surface area contributed by atoms with Gasteiger partial charge in [-0.2, -0.15) is 0 Å². The summed E-state index contributed by atoms with van der Waals surface area (Å²) in [5.74, 6) is 2.59. The van der Waals surface area contributed by atoms with Crippen LogP contribution >= 0.6 is 11.6 Å². The molecule has 1 aromatic carbocycles. The summed E-state index contributed by atoms with van der Waals surface area (Å²) in [6.07, 6.45) is 16.6. The summed E-state index contributed by atoms with van der Waals surface area (Å²) < 4.78 is 11.4. The fourth-order valence-corrected chi connectivity index (χ4v) is 8.94. The number of hydrogen-bond donors (Lipinski definition) is 1. The molecule has 0 spiro atoms. The topological polar surface area (TPSA) is 81.7 Å². The van der Waals surface area contributed by atoms with Crippen LogP contribution < -0.4 is 10.1 Å². The second-order valence-electron chi connectivity index (χ2n) is 14.8. The van der Waals surface area contributed by atoms with E-state index in [9.17, 15) is 14.4 Å². The molecule has 44 heavy (non-hydrogen) atoms. The van der Waals surface area contributed by atoms with Crippen LogP contribution in [-0.2, 0) is 25.5 Å². The molecule has 0 bridgehead atoms. The van der Waals surface area contributed by atoms with Crippen LogP contribution in [0.3, 0.4) is 0 Å². The number of benzene rings is 1. The Morgan fingerprint density at radius 2 is 1.64 bits per heavy atom. The summed E-state index contributed by atoms with van der Waals surface area (Å²) in [5.41, 5.74) is 2.85. The average molecular weight is 630 g/mol. The van der Waals surface area contributed by atoms with Crippen LogP contribution in [0.5, 0.6) is 5.75 Å². The Hall–Kier alpha value is -2.08. The van der Waals surface area contributed by atoms with Gasteiger partial charge in [0.25, 0.3) is 0 Å². The van der Waals surface area contributed by atoms with E-state index in [4.69, 9.17) is 21.1 Å². The van der Waals surface area contributed by atoms with Crippen molar-refractivity contribution in [3.8, 4) is 5.75 Å². The summed E-state index contributed by atoms with van der Waals surface area (Å²) in [4.78, 5) is 35.2. The number of aryl methyl sites for hydroxylation is 1. The first-order valence-electron chi connectivity index (χ1n) is 17.3. The molecule has 0 radical (unpaired) electrons. The zero-order chi connectivity index (χ0) is 31.9. The summed E-state index contributed by atoms with van der Waals surface area (Å²) in [7, 11) is 0. The highest BCUT2D eigenvalue weighted by Crippen LogP contribution is 2.64. The van der Waals surface area contributed by atoms with Gasteiger partial charge >= 0.3 is 11.9 Å². The van der Waals surface area contributed by atoms with E-state index in [2.05, 4.69) is 24.4 Å². The van der Waals surface area contributed by atoms with Crippen molar-refractivity contribution in [1.82, 2.24) is 5.32 Å². The number of ether oxygens (including phenoxy) is 2. The number of nitrogens with one attached hydrogen (secondary N) is 1. The molecule has 2 saturated carbocycles. The molecule has 0 aliphatic heterocycles. The van der Waals surface area contributed by atoms with Crippen molar-refractivity contribution in [3.63, 3.8) is 0 Å². The molecule has 3 aliphatic carbocycles. The Bertz CT molecular complexity index is 1150. The van der Waals surface area contributed by atoms with Crippen molar-refractivity contribution in [3.05, 3.63) is 29.3 Å². The van der Waals surface area contributed by atoms with Crippen molar-refractivity contribution in [2.75, 3.05) is 6.54 Å². The highest BCUT2D eigenvalue weighted by molar-refractivity contribution is 6.23. The van der Waals surface area contributed by atoms with Gasteiger partial charge in [-0.25, -0.2) is 0 Å². The predicted molar refractivity (Wildman–Crippen MR) is 176 cm³/mol. The van der Waals surface area contributed by atoms with Crippen molar-refractivity contribution >= 4 is 29.4 Å². The molecule has 1 amide bonds. The molecular weight excluding hydrogens is 574 g/mol.